The van der Waals surface area contributed by atoms with Gasteiger partial charge in [-0.1, -0.05) is 18.2 Å². The van der Waals surface area contributed by atoms with Crippen molar-refractivity contribution in [2.24, 2.45) is 0 Å². The molecule has 0 fully saturated rings. The number of methoxy groups -OCH3 is 1. The van der Waals surface area contributed by atoms with E-state index in [2.05, 4.69) is 4.98 Å². The topological polar surface area (TPSA) is 62.6 Å². The van der Waals surface area contributed by atoms with E-state index in [1.807, 2.05) is 34.9 Å². The summed E-state index contributed by atoms with van der Waals surface area (Å²) in [5.41, 5.74) is 2.89. The second-order valence-electron chi connectivity index (χ2n) is 5.70. The number of hydrogen-bond donors (Lipinski definition) is 0. The summed E-state index contributed by atoms with van der Waals surface area (Å²) in [5.74, 6) is 0.786. The van der Waals surface area contributed by atoms with E-state index in [0.29, 0.717) is 25.1 Å². The van der Waals surface area contributed by atoms with E-state index in [1.54, 1.807) is 39.4 Å². The van der Waals surface area contributed by atoms with Crippen molar-refractivity contribution >= 4 is 23.9 Å². The summed E-state index contributed by atoms with van der Waals surface area (Å²) in [4.78, 5) is 4.43. The van der Waals surface area contributed by atoms with Crippen molar-refractivity contribution in [2.75, 3.05) is 20.3 Å². The summed E-state index contributed by atoms with van der Waals surface area (Å²) in [6.07, 6.45) is 1.80. The van der Waals surface area contributed by atoms with Gasteiger partial charge in [0, 0.05) is 6.54 Å². The summed E-state index contributed by atoms with van der Waals surface area (Å²) in [6, 6.07) is 13.3. The molecule has 3 aromatic rings. The molecule has 0 atom stereocenters. The monoisotopic (exact) mass is 374 g/mol. The van der Waals surface area contributed by atoms with Crippen LogP contribution in [0, 0.1) is 0 Å². The Bertz CT molecular complexity index is 911. The van der Waals surface area contributed by atoms with Crippen LogP contribution >= 0.6 is 7.60 Å². The molecule has 26 heavy (non-hydrogen) atoms. The number of imidazole rings is 1. The third kappa shape index (κ3) is 3.68. The van der Waals surface area contributed by atoms with Crippen molar-refractivity contribution in [3.8, 4) is 5.75 Å². The molecule has 0 saturated heterocycles. The maximum atomic E-state index is 12.8. The highest BCUT2D eigenvalue weighted by atomic mass is 31.2. The lowest BCUT2D eigenvalue weighted by Crippen LogP contribution is -2.11. The fourth-order valence-corrected chi connectivity index (χ4v) is 4.45. The van der Waals surface area contributed by atoms with E-state index < -0.39 is 7.60 Å². The first-order valence-corrected chi connectivity index (χ1v) is 10.1. The molecule has 0 unspecified atom stereocenters. The predicted octanol–water partition coefficient (Wildman–Crippen LogP) is 3.98. The van der Waals surface area contributed by atoms with Crippen molar-refractivity contribution in [2.45, 2.75) is 20.4 Å². The van der Waals surface area contributed by atoms with E-state index in [9.17, 15) is 4.57 Å². The summed E-state index contributed by atoms with van der Waals surface area (Å²) in [5, 5.41) is 0.568. The van der Waals surface area contributed by atoms with Gasteiger partial charge < -0.3 is 18.4 Å². The van der Waals surface area contributed by atoms with Crippen molar-refractivity contribution < 1.29 is 18.3 Å². The number of nitrogens with zero attached hydrogens (tertiary/aromatic N) is 2. The third-order valence-corrected chi connectivity index (χ3v) is 6.15. The minimum Gasteiger partial charge on any atom is -0.494 e. The van der Waals surface area contributed by atoms with Crippen LogP contribution in [0.25, 0.3) is 11.0 Å². The van der Waals surface area contributed by atoms with Gasteiger partial charge >= 0.3 is 7.60 Å². The second kappa shape index (κ2) is 8.04. The Hall–Kier alpha value is -2.14. The van der Waals surface area contributed by atoms with Crippen LogP contribution in [0.3, 0.4) is 0 Å². The maximum Gasteiger partial charge on any atom is 0.361 e. The zero-order valence-electron chi connectivity index (χ0n) is 15.2. The number of benzene rings is 2. The van der Waals surface area contributed by atoms with Crippen LogP contribution < -0.4 is 10.0 Å². The Morgan fingerprint density at radius 1 is 1.04 bits per heavy atom. The highest BCUT2D eigenvalue weighted by molar-refractivity contribution is 7.62. The van der Waals surface area contributed by atoms with E-state index >= 15 is 0 Å². The standard InChI is InChI=1S/C19H23N2O4P/c1-4-24-26(22,25-5-2)16-11-9-15(10-12-16)13-21-14-20-17-7-6-8-18(23-3)19(17)21/h6-12,14H,4-5,13H2,1-3H3. The summed E-state index contributed by atoms with van der Waals surface area (Å²) >= 11 is 0. The Morgan fingerprint density at radius 2 is 1.73 bits per heavy atom. The molecule has 2 aromatic carbocycles. The maximum absolute atomic E-state index is 12.8. The molecule has 0 amide bonds. The minimum absolute atomic E-state index is 0.333. The van der Waals surface area contributed by atoms with Crippen molar-refractivity contribution in [1.82, 2.24) is 9.55 Å². The van der Waals surface area contributed by atoms with Gasteiger partial charge in [0.25, 0.3) is 0 Å². The molecule has 0 N–H and O–H groups in total. The molecule has 0 aliphatic rings. The van der Waals surface area contributed by atoms with Crippen molar-refractivity contribution in [1.29, 1.82) is 0 Å². The Labute approximate surface area is 153 Å². The van der Waals surface area contributed by atoms with Gasteiger partial charge in [-0.05, 0) is 43.7 Å². The zero-order chi connectivity index (χ0) is 18.6. The van der Waals surface area contributed by atoms with Crippen LogP contribution in [0.2, 0.25) is 0 Å². The number of ether oxygens (including phenoxy) is 1. The largest absolute Gasteiger partial charge is 0.494 e. The molecule has 0 aliphatic carbocycles. The van der Waals surface area contributed by atoms with E-state index in [0.717, 1.165) is 22.3 Å². The van der Waals surface area contributed by atoms with Gasteiger partial charge in [0.15, 0.2) is 0 Å². The van der Waals surface area contributed by atoms with Crippen molar-refractivity contribution in [3.05, 3.63) is 54.4 Å². The average molecular weight is 374 g/mol. The fourth-order valence-electron chi connectivity index (χ4n) is 2.88. The molecule has 7 heteroatoms. The molecule has 1 aromatic heterocycles. The smallest absolute Gasteiger partial charge is 0.361 e. The van der Waals surface area contributed by atoms with Crippen LogP contribution in [0.4, 0.5) is 0 Å². The average Bonchev–Trinajstić information content (AvgIpc) is 3.06. The van der Waals surface area contributed by atoms with Crippen LogP contribution in [0.5, 0.6) is 5.75 Å². The summed E-state index contributed by atoms with van der Waals surface area (Å²) < 4.78 is 31.1. The molecule has 138 valence electrons. The minimum atomic E-state index is -3.25. The highest BCUT2D eigenvalue weighted by Crippen LogP contribution is 2.46. The lowest BCUT2D eigenvalue weighted by molar-refractivity contribution is 0.230. The van der Waals surface area contributed by atoms with Gasteiger partial charge in [0.05, 0.1) is 37.5 Å². The van der Waals surface area contributed by atoms with E-state index in [-0.39, 0.29) is 0 Å². The number of hydrogen-bond acceptors (Lipinski definition) is 5. The first kappa shape index (κ1) is 18.6. The Balaban J connectivity index is 1.87. The van der Waals surface area contributed by atoms with Gasteiger partial charge in [0.1, 0.15) is 11.3 Å². The number of fused-ring (bicyclic) bond motifs is 1. The quantitative estimate of drug-likeness (QED) is 0.558. The lowest BCUT2D eigenvalue weighted by atomic mass is 10.2. The first-order chi connectivity index (χ1) is 12.6. The number of aromatic nitrogens is 2. The summed E-state index contributed by atoms with van der Waals surface area (Å²) in [7, 11) is -1.60. The normalized spacial score (nSPS) is 11.8. The molecule has 1 heterocycles. The van der Waals surface area contributed by atoms with E-state index in [1.165, 1.54) is 0 Å². The van der Waals surface area contributed by atoms with Gasteiger partial charge in [-0.2, -0.15) is 0 Å². The zero-order valence-corrected chi connectivity index (χ0v) is 16.1. The molecule has 0 aliphatic heterocycles. The van der Waals surface area contributed by atoms with Gasteiger partial charge in [-0.25, -0.2) is 4.98 Å². The van der Waals surface area contributed by atoms with Crippen LogP contribution in [-0.4, -0.2) is 29.9 Å². The number of rotatable bonds is 8. The number of para-hydroxylation sites is 1. The van der Waals surface area contributed by atoms with Crippen LogP contribution in [0.1, 0.15) is 19.4 Å². The molecule has 0 bridgehead atoms. The van der Waals surface area contributed by atoms with Gasteiger partial charge in [-0.3, -0.25) is 4.57 Å². The lowest BCUT2D eigenvalue weighted by Gasteiger charge is -2.17. The summed E-state index contributed by atoms with van der Waals surface area (Å²) in [6.45, 7) is 4.90. The van der Waals surface area contributed by atoms with Crippen LogP contribution in [-0.2, 0) is 20.2 Å². The molecule has 0 spiro atoms. The molecular formula is C19H23N2O4P. The van der Waals surface area contributed by atoms with E-state index in [4.69, 9.17) is 13.8 Å². The second-order valence-corrected chi connectivity index (χ2v) is 7.73. The Kier molecular flexibility index (Phi) is 5.77. The predicted molar refractivity (Wildman–Crippen MR) is 102 cm³/mol. The van der Waals surface area contributed by atoms with Crippen LogP contribution in [0.15, 0.2) is 48.8 Å². The van der Waals surface area contributed by atoms with Gasteiger partial charge in [-0.15, -0.1) is 0 Å². The molecule has 6 nitrogen and oxygen atoms in total. The van der Waals surface area contributed by atoms with Crippen molar-refractivity contribution in [3.63, 3.8) is 0 Å². The Morgan fingerprint density at radius 3 is 2.35 bits per heavy atom. The SMILES string of the molecule is CCOP(=O)(OCC)c1ccc(Cn2cnc3cccc(OC)c32)cc1. The van der Waals surface area contributed by atoms with Gasteiger partial charge in [0.2, 0.25) is 0 Å². The molecule has 3 rings (SSSR count). The highest BCUT2D eigenvalue weighted by Gasteiger charge is 2.26. The molecular weight excluding hydrogens is 351 g/mol. The molecule has 0 radical (unpaired) electrons. The fraction of sp³-hybridized carbons (Fsp3) is 0.316. The third-order valence-electron chi connectivity index (χ3n) is 4.02. The molecule has 0 saturated carbocycles. The first-order valence-electron chi connectivity index (χ1n) is 8.57.